The maximum Gasteiger partial charge on any atom is 0.345 e. The van der Waals surface area contributed by atoms with Gasteiger partial charge in [-0.3, -0.25) is 10.1 Å². The molecule has 0 aliphatic heterocycles. The third kappa shape index (κ3) is 4.16. The zero-order valence-corrected chi connectivity index (χ0v) is 17.0. The van der Waals surface area contributed by atoms with Gasteiger partial charge in [-0.25, -0.2) is 4.79 Å². The summed E-state index contributed by atoms with van der Waals surface area (Å²) in [5, 5.41) is 12.1. The fourth-order valence-corrected chi connectivity index (χ4v) is 4.63. The van der Waals surface area contributed by atoms with Gasteiger partial charge in [-0.05, 0) is 45.6 Å². The Bertz CT molecular complexity index is 1200. The second-order valence-electron chi connectivity index (χ2n) is 6.23. The smallest absolute Gasteiger partial charge is 0.345 e. The van der Waals surface area contributed by atoms with Crippen LogP contribution in [-0.2, 0) is 0 Å². The largest absolute Gasteiger partial charge is 0.369 e. The van der Waals surface area contributed by atoms with Crippen molar-refractivity contribution < 1.29 is 4.79 Å². The van der Waals surface area contributed by atoms with Gasteiger partial charge in [0.2, 0.25) is 5.96 Å². The number of rotatable bonds is 4. The molecule has 4 aromatic carbocycles. The molecule has 29 heavy (non-hydrogen) atoms. The van der Waals surface area contributed by atoms with Gasteiger partial charge in [0.05, 0.1) is 0 Å². The molecule has 0 fully saturated rings. The minimum Gasteiger partial charge on any atom is -0.369 e. The van der Waals surface area contributed by atoms with E-state index in [9.17, 15) is 4.79 Å². The lowest BCUT2D eigenvalue weighted by Gasteiger charge is -2.20. The molecule has 0 atom stereocenters. The summed E-state index contributed by atoms with van der Waals surface area (Å²) in [5.74, 6) is -0.334. The van der Waals surface area contributed by atoms with Gasteiger partial charge in [-0.1, -0.05) is 72.8 Å². The van der Waals surface area contributed by atoms with E-state index >= 15 is 0 Å². The number of fused-ring (bicyclic) bond motifs is 2. The third-order valence-corrected chi connectivity index (χ3v) is 6.29. The fourth-order valence-electron chi connectivity index (χ4n) is 3.00. The van der Waals surface area contributed by atoms with Gasteiger partial charge in [0.25, 0.3) is 0 Å². The number of benzene rings is 4. The molecule has 0 saturated heterocycles. The molecule has 0 spiro atoms. The molecule has 0 radical (unpaired) electrons. The van der Waals surface area contributed by atoms with Crippen LogP contribution in [0.4, 0.5) is 4.79 Å². The lowest BCUT2D eigenvalue weighted by atomic mass is 10.1. The van der Waals surface area contributed by atoms with E-state index in [4.69, 9.17) is 11.1 Å². The quantitative estimate of drug-likeness (QED) is 0.228. The van der Waals surface area contributed by atoms with E-state index in [2.05, 4.69) is 4.72 Å². The SMILES string of the molecule is N=C(N)N(Sc1cccc2ccccc12)C(=O)NSc1cccc2ccccc12. The van der Waals surface area contributed by atoms with E-state index in [-0.39, 0.29) is 5.96 Å². The molecule has 5 nitrogen and oxygen atoms in total. The first kappa shape index (κ1) is 19.2. The van der Waals surface area contributed by atoms with Crippen molar-refractivity contribution >= 4 is 57.4 Å². The maximum atomic E-state index is 12.8. The first-order valence-electron chi connectivity index (χ1n) is 8.88. The van der Waals surface area contributed by atoms with Crippen molar-refractivity contribution in [3.8, 4) is 0 Å². The van der Waals surface area contributed by atoms with Gasteiger partial charge >= 0.3 is 6.03 Å². The molecule has 2 amide bonds. The molecule has 0 bridgehead atoms. The Balaban J connectivity index is 1.54. The van der Waals surface area contributed by atoms with Crippen molar-refractivity contribution in [2.75, 3.05) is 0 Å². The summed E-state index contributed by atoms with van der Waals surface area (Å²) >= 11 is 2.34. The van der Waals surface area contributed by atoms with Crippen LogP contribution in [0.25, 0.3) is 21.5 Å². The monoisotopic (exact) mass is 418 g/mol. The van der Waals surface area contributed by atoms with E-state index in [1.807, 2.05) is 84.9 Å². The minimum absolute atomic E-state index is 0.334. The predicted octanol–water partition coefficient (Wildman–Crippen LogP) is 5.61. The topological polar surface area (TPSA) is 82.2 Å². The Labute approximate surface area is 177 Å². The zero-order chi connectivity index (χ0) is 20.2. The highest BCUT2D eigenvalue weighted by Gasteiger charge is 2.20. The number of guanidine groups is 1. The Morgan fingerprint density at radius 2 is 1.31 bits per heavy atom. The molecule has 4 N–H and O–H groups in total. The van der Waals surface area contributed by atoms with Crippen LogP contribution in [-0.4, -0.2) is 16.3 Å². The van der Waals surface area contributed by atoms with Gasteiger partial charge in [0, 0.05) is 21.7 Å². The summed E-state index contributed by atoms with van der Waals surface area (Å²) in [7, 11) is 0. The van der Waals surface area contributed by atoms with Crippen LogP contribution in [0.5, 0.6) is 0 Å². The van der Waals surface area contributed by atoms with Gasteiger partial charge in [0.1, 0.15) is 0 Å². The zero-order valence-electron chi connectivity index (χ0n) is 15.3. The number of urea groups is 1. The van der Waals surface area contributed by atoms with Crippen molar-refractivity contribution in [1.29, 1.82) is 5.41 Å². The van der Waals surface area contributed by atoms with Crippen molar-refractivity contribution in [2.45, 2.75) is 9.79 Å². The van der Waals surface area contributed by atoms with E-state index in [1.165, 1.54) is 11.9 Å². The van der Waals surface area contributed by atoms with Crippen molar-refractivity contribution in [3.63, 3.8) is 0 Å². The number of amides is 2. The van der Waals surface area contributed by atoms with E-state index in [0.29, 0.717) is 0 Å². The molecular formula is C22H18N4OS2. The summed E-state index contributed by atoms with van der Waals surface area (Å²) in [6, 6.07) is 27.2. The number of nitrogens with one attached hydrogen (secondary N) is 2. The molecule has 0 aliphatic rings. The number of carbonyl (C=O) groups excluding carboxylic acids is 1. The number of nitrogens with zero attached hydrogens (tertiary/aromatic N) is 1. The summed E-state index contributed by atoms with van der Waals surface area (Å²) in [5.41, 5.74) is 5.71. The van der Waals surface area contributed by atoms with Crippen molar-refractivity contribution in [3.05, 3.63) is 84.9 Å². The molecule has 0 aromatic heterocycles. The standard InChI is InChI=1S/C22H18N4OS2/c23-21(24)26(29-20-14-6-10-16-8-2-4-12-18(16)20)22(27)25-28-19-13-5-9-15-7-1-3-11-17(15)19/h1-14H,(H3,23,24)(H,25,27). The Kier molecular flexibility index (Phi) is 5.59. The normalized spacial score (nSPS) is 10.8. The molecule has 7 heteroatoms. The van der Waals surface area contributed by atoms with Gasteiger partial charge in [0.15, 0.2) is 0 Å². The van der Waals surface area contributed by atoms with Gasteiger partial charge < -0.3 is 5.73 Å². The average molecular weight is 419 g/mol. The first-order valence-corrected chi connectivity index (χ1v) is 10.5. The average Bonchev–Trinajstić information content (AvgIpc) is 2.75. The summed E-state index contributed by atoms with van der Waals surface area (Å²) in [4.78, 5) is 14.6. The Morgan fingerprint density at radius 1 is 0.793 bits per heavy atom. The third-order valence-electron chi connectivity index (χ3n) is 4.34. The first-order chi connectivity index (χ1) is 14.1. The number of nitrogens with two attached hydrogens (primary N) is 1. The molecule has 4 rings (SSSR count). The Morgan fingerprint density at radius 3 is 1.93 bits per heavy atom. The number of hydrogen-bond acceptors (Lipinski definition) is 4. The van der Waals surface area contributed by atoms with Crippen LogP contribution >= 0.6 is 23.9 Å². The Hall–Kier alpha value is -3.16. The molecule has 0 saturated carbocycles. The van der Waals surface area contributed by atoms with Crippen LogP contribution in [0.3, 0.4) is 0 Å². The molecule has 0 aliphatic carbocycles. The highest BCUT2D eigenvalue weighted by molar-refractivity contribution is 7.99. The van der Waals surface area contributed by atoms with Crippen LogP contribution < -0.4 is 10.5 Å². The van der Waals surface area contributed by atoms with Crippen LogP contribution in [0.15, 0.2) is 94.7 Å². The molecule has 4 aromatic rings. The maximum absolute atomic E-state index is 12.8. The summed E-state index contributed by atoms with van der Waals surface area (Å²) < 4.78 is 3.96. The molecule has 144 valence electrons. The van der Waals surface area contributed by atoms with Crippen molar-refractivity contribution in [1.82, 2.24) is 9.03 Å². The predicted molar refractivity (Wildman–Crippen MR) is 122 cm³/mol. The van der Waals surface area contributed by atoms with E-state index in [0.717, 1.165) is 47.6 Å². The van der Waals surface area contributed by atoms with E-state index < -0.39 is 6.03 Å². The fraction of sp³-hybridized carbons (Fsp3) is 0. The molecule has 0 unspecified atom stereocenters. The van der Waals surface area contributed by atoms with Crippen LogP contribution in [0.1, 0.15) is 0 Å². The van der Waals surface area contributed by atoms with E-state index in [1.54, 1.807) is 0 Å². The van der Waals surface area contributed by atoms with Crippen molar-refractivity contribution in [2.24, 2.45) is 5.73 Å². The summed E-state index contributed by atoms with van der Waals surface area (Å²) in [6.45, 7) is 0. The van der Waals surface area contributed by atoms with Gasteiger partial charge in [-0.2, -0.15) is 4.31 Å². The van der Waals surface area contributed by atoms with Crippen LogP contribution in [0, 0.1) is 5.41 Å². The van der Waals surface area contributed by atoms with Crippen LogP contribution in [0.2, 0.25) is 0 Å². The lowest BCUT2D eigenvalue weighted by molar-refractivity contribution is 0.241. The van der Waals surface area contributed by atoms with Gasteiger partial charge in [-0.15, -0.1) is 0 Å². The second-order valence-corrected chi connectivity index (χ2v) is 8.07. The molecular weight excluding hydrogens is 400 g/mol. The summed E-state index contributed by atoms with van der Waals surface area (Å²) in [6.07, 6.45) is 0. The lowest BCUT2D eigenvalue weighted by Crippen LogP contribution is -2.40. The second kappa shape index (κ2) is 8.46. The highest BCUT2D eigenvalue weighted by Crippen LogP contribution is 2.31. The molecule has 0 heterocycles. The minimum atomic E-state index is -0.464. The number of carbonyl (C=O) groups is 1. The highest BCUT2D eigenvalue weighted by atomic mass is 32.2. The number of hydrogen-bond donors (Lipinski definition) is 3.